The quantitative estimate of drug-likeness (QED) is 0.280. The molecule has 4 aromatic carbocycles. The number of benzene rings is 4. The summed E-state index contributed by atoms with van der Waals surface area (Å²) in [4.78, 5) is 33.2. The zero-order chi connectivity index (χ0) is 29.4. The molecule has 8 heteroatoms. The van der Waals surface area contributed by atoms with Gasteiger partial charge < -0.3 is 25.8 Å². The van der Waals surface area contributed by atoms with E-state index < -0.39 is 0 Å². The second-order valence-electron chi connectivity index (χ2n) is 11.0. The first-order valence-corrected chi connectivity index (χ1v) is 15.0. The number of carbonyl (C=O) groups excluding carboxylic acids is 2. The summed E-state index contributed by atoms with van der Waals surface area (Å²) in [5, 5.41) is 9.26. The molecule has 0 saturated carbocycles. The van der Waals surface area contributed by atoms with Gasteiger partial charge in [0.05, 0.1) is 17.4 Å². The van der Waals surface area contributed by atoms with Crippen LogP contribution in [0.3, 0.4) is 0 Å². The van der Waals surface area contributed by atoms with E-state index >= 15 is 0 Å². The molecule has 220 valence electrons. The number of carbonyl (C=O) groups is 2. The summed E-state index contributed by atoms with van der Waals surface area (Å²) in [5.41, 5.74) is 5.38. The molecule has 0 aromatic heterocycles. The number of rotatable bonds is 7. The number of nitrogens with zero attached hydrogens (tertiary/aromatic N) is 3. The fourth-order valence-corrected chi connectivity index (χ4v) is 6.01. The SMILES string of the molecule is O=C(Nc1ccccc1)Nc1cc(C(=O)N2CCNCC2)ccc1N1CCN(C(c2ccccc2)c2ccccc2)CC1. The third-order valence-electron chi connectivity index (χ3n) is 8.18. The van der Waals surface area contributed by atoms with E-state index in [4.69, 9.17) is 0 Å². The van der Waals surface area contributed by atoms with Gasteiger partial charge in [0.25, 0.3) is 5.91 Å². The predicted molar refractivity (Wildman–Crippen MR) is 173 cm³/mol. The van der Waals surface area contributed by atoms with E-state index in [1.165, 1.54) is 11.1 Å². The van der Waals surface area contributed by atoms with Gasteiger partial charge in [-0.2, -0.15) is 0 Å². The third-order valence-corrected chi connectivity index (χ3v) is 8.18. The Bertz CT molecular complexity index is 1460. The van der Waals surface area contributed by atoms with Gasteiger partial charge in [-0.25, -0.2) is 4.79 Å². The lowest BCUT2D eigenvalue weighted by Gasteiger charge is -2.41. The Morgan fingerprint density at radius 1 is 0.651 bits per heavy atom. The Morgan fingerprint density at radius 3 is 1.84 bits per heavy atom. The van der Waals surface area contributed by atoms with Crippen LogP contribution in [0.2, 0.25) is 0 Å². The van der Waals surface area contributed by atoms with Crippen molar-refractivity contribution in [2.24, 2.45) is 0 Å². The number of para-hydroxylation sites is 1. The predicted octanol–water partition coefficient (Wildman–Crippen LogP) is 5.29. The molecule has 2 aliphatic heterocycles. The molecule has 0 unspecified atom stereocenters. The molecule has 0 radical (unpaired) electrons. The van der Waals surface area contributed by atoms with Gasteiger partial charge in [-0.1, -0.05) is 78.9 Å². The Hall–Kier alpha value is -4.66. The van der Waals surface area contributed by atoms with Crippen molar-refractivity contribution in [2.75, 3.05) is 67.9 Å². The second-order valence-corrected chi connectivity index (χ2v) is 11.0. The fourth-order valence-electron chi connectivity index (χ4n) is 6.01. The number of anilines is 3. The van der Waals surface area contributed by atoms with Crippen LogP contribution in [0, 0.1) is 0 Å². The molecule has 0 aliphatic carbocycles. The summed E-state index contributed by atoms with van der Waals surface area (Å²) in [6.07, 6.45) is 0. The molecule has 4 aromatic rings. The van der Waals surface area contributed by atoms with Crippen molar-refractivity contribution in [1.82, 2.24) is 15.1 Å². The lowest BCUT2D eigenvalue weighted by atomic mass is 9.96. The fraction of sp³-hybridized carbons (Fsp3) is 0.257. The number of nitrogens with one attached hydrogen (secondary N) is 3. The van der Waals surface area contributed by atoms with Crippen LogP contribution in [0.4, 0.5) is 21.9 Å². The van der Waals surface area contributed by atoms with Gasteiger partial charge in [0.1, 0.15) is 0 Å². The van der Waals surface area contributed by atoms with Crippen LogP contribution >= 0.6 is 0 Å². The van der Waals surface area contributed by atoms with Crippen LogP contribution in [0.15, 0.2) is 109 Å². The first kappa shape index (κ1) is 28.5. The summed E-state index contributed by atoms with van der Waals surface area (Å²) in [7, 11) is 0. The third kappa shape index (κ3) is 6.88. The highest BCUT2D eigenvalue weighted by Gasteiger charge is 2.28. The van der Waals surface area contributed by atoms with E-state index in [9.17, 15) is 9.59 Å². The van der Waals surface area contributed by atoms with E-state index in [1.807, 2.05) is 53.4 Å². The van der Waals surface area contributed by atoms with Crippen molar-refractivity contribution in [1.29, 1.82) is 0 Å². The summed E-state index contributed by atoms with van der Waals surface area (Å²) in [6, 6.07) is 36.2. The Balaban J connectivity index is 1.23. The van der Waals surface area contributed by atoms with Crippen LogP contribution in [0.1, 0.15) is 27.5 Å². The highest BCUT2D eigenvalue weighted by molar-refractivity contribution is 6.04. The summed E-state index contributed by atoms with van der Waals surface area (Å²) >= 11 is 0. The Labute approximate surface area is 253 Å². The van der Waals surface area contributed by atoms with Crippen molar-refractivity contribution in [3.05, 3.63) is 126 Å². The second kappa shape index (κ2) is 13.5. The Kier molecular flexibility index (Phi) is 8.96. The molecule has 43 heavy (non-hydrogen) atoms. The normalized spacial score (nSPS) is 15.7. The van der Waals surface area contributed by atoms with Crippen molar-refractivity contribution in [3.8, 4) is 0 Å². The standard InChI is InChI=1S/C35H38N6O2/c42-34(41-20-18-36-19-21-41)29-16-17-32(31(26-29)38-35(43)37-30-14-8-3-9-15-30)39-22-24-40(25-23-39)33(27-10-4-1-5-11-27)28-12-6-2-7-13-28/h1-17,26,33,36H,18-25H2,(H2,37,38,43). The lowest BCUT2D eigenvalue weighted by molar-refractivity contribution is 0.0736. The lowest BCUT2D eigenvalue weighted by Crippen LogP contribution is -2.48. The van der Waals surface area contributed by atoms with E-state index in [0.717, 1.165) is 45.0 Å². The van der Waals surface area contributed by atoms with Crippen LogP contribution in [0.5, 0.6) is 0 Å². The Morgan fingerprint density at radius 2 is 1.23 bits per heavy atom. The summed E-state index contributed by atoms with van der Waals surface area (Å²) in [6.45, 7) is 6.19. The molecule has 2 aliphatic rings. The maximum absolute atomic E-state index is 13.4. The molecule has 3 N–H and O–H groups in total. The molecule has 2 saturated heterocycles. The van der Waals surface area contributed by atoms with Crippen molar-refractivity contribution in [3.63, 3.8) is 0 Å². The average molecular weight is 575 g/mol. The topological polar surface area (TPSA) is 79.9 Å². The largest absolute Gasteiger partial charge is 0.367 e. The first-order valence-electron chi connectivity index (χ1n) is 15.0. The van der Waals surface area contributed by atoms with Gasteiger partial charge in [-0.15, -0.1) is 0 Å². The van der Waals surface area contributed by atoms with Crippen molar-refractivity contribution in [2.45, 2.75) is 6.04 Å². The minimum Gasteiger partial charge on any atom is -0.367 e. The van der Waals surface area contributed by atoms with Crippen LogP contribution in [0.25, 0.3) is 0 Å². The monoisotopic (exact) mass is 574 g/mol. The zero-order valence-electron chi connectivity index (χ0n) is 24.3. The number of urea groups is 1. The van der Waals surface area contributed by atoms with Gasteiger partial charge in [-0.05, 0) is 41.5 Å². The molecule has 3 amide bonds. The van der Waals surface area contributed by atoms with E-state index in [1.54, 1.807) is 0 Å². The van der Waals surface area contributed by atoms with Crippen LogP contribution in [-0.2, 0) is 0 Å². The van der Waals surface area contributed by atoms with E-state index in [-0.39, 0.29) is 18.0 Å². The molecule has 0 bridgehead atoms. The van der Waals surface area contributed by atoms with Gasteiger partial charge in [0.2, 0.25) is 0 Å². The van der Waals surface area contributed by atoms with Gasteiger partial charge in [0, 0.05) is 63.6 Å². The maximum atomic E-state index is 13.4. The minimum absolute atomic E-state index is 0.0158. The molecule has 0 atom stereocenters. The number of hydrogen-bond acceptors (Lipinski definition) is 5. The minimum atomic E-state index is -0.342. The van der Waals surface area contributed by atoms with Crippen LogP contribution < -0.4 is 20.9 Å². The van der Waals surface area contributed by atoms with E-state index in [2.05, 4.69) is 86.4 Å². The molecule has 6 rings (SSSR count). The number of amides is 3. The number of hydrogen-bond donors (Lipinski definition) is 3. The van der Waals surface area contributed by atoms with Crippen LogP contribution in [-0.4, -0.2) is 74.1 Å². The molecule has 8 nitrogen and oxygen atoms in total. The molecule has 0 spiro atoms. The molecule has 2 fully saturated rings. The zero-order valence-corrected chi connectivity index (χ0v) is 24.3. The summed E-state index contributed by atoms with van der Waals surface area (Å²) < 4.78 is 0. The highest BCUT2D eigenvalue weighted by atomic mass is 16.2. The molecular weight excluding hydrogens is 536 g/mol. The average Bonchev–Trinajstić information content (AvgIpc) is 3.07. The van der Waals surface area contributed by atoms with Crippen molar-refractivity contribution < 1.29 is 9.59 Å². The molecule has 2 heterocycles. The maximum Gasteiger partial charge on any atom is 0.323 e. The van der Waals surface area contributed by atoms with E-state index in [0.29, 0.717) is 30.0 Å². The first-order chi connectivity index (χ1) is 21.2. The van der Waals surface area contributed by atoms with Gasteiger partial charge in [0.15, 0.2) is 0 Å². The van der Waals surface area contributed by atoms with Crippen molar-refractivity contribution >= 4 is 29.0 Å². The van der Waals surface area contributed by atoms with Gasteiger partial charge >= 0.3 is 6.03 Å². The van der Waals surface area contributed by atoms with Gasteiger partial charge in [-0.3, -0.25) is 9.69 Å². The highest BCUT2D eigenvalue weighted by Crippen LogP contribution is 2.33. The number of piperazine rings is 2. The smallest absolute Gasteiger partial charge is 0.323 e. The summed E-state index contributed by atoms with van der Waals surface area (Å²) in [5.74, 6) is -0.0158. The molecular formula is C35H38N6O2.